The van der Waals surface area contributed by atoms with E-state index in [1.807, 2.05) is 0 Å². The lowest BCUT2D eigenvalue weighted by Crippen LogP contribution is -2.52. The Balaban J connectivity index is 4.52. The highest BCUT2D eigenvalue weighted by atomic mass is 16.5. The van der Waals surface area contributed by atoms with E-state index >= 15 is 0 Å². The predicted octanol–water partition coefficient (Wildman–Crippen LogP) is -3.18. The van der Waals surface area contributed by atoms with Crippen LogP contribution in [0.1, 0.15) is 6.92 Å². The van der Waals surface area contributed by atoms with Crippen molar-refractivity contribution in [3.05, 3.63) is 0 Å². The third-order valence-electron chi connectivity index (χ3n) is 2.19. The molecule has 0 saturated carbocycles. The van der Waals surface area contributed by atoms with Gasteiger partial charge in [0.05, 0.1) is 13.2 Å². The molecule has 0 aromatic carbocycles. The molecule has 0 amide bonds. The summed E-state index contributed by atoms with van der Waals surface area (Å²) in [5, 5.41) is 54.7. The lowest BCUT2D eigenvalue weighted by molar-refractivity contribution is -0.163. The second-order valence-electron chi connectivity index (χ2n) is 3.40. The fourth-order valence-corrected chi connectivity index (χ4v) is 1.26. The molecule has 7 heteroatoms. The third-order valence-corrected chi connectivity index (χ3v) is 2.19. The van der Waals surface area contributed by atoms with Gasteiger partial charge in [0.15, 0.2) is 0 Å². The smallest absolute Gasteiger partial charge is 0.114 e. The molecule has 0 spiro atoms. The number of rotatable bonds is 8. The van der Waals surface area contributed by atoms with E-state index in [0.29, 0.717) is 0 Å². The topological polar surface area (TPSA) is 131 Å². The van der Waals surface area contributed by atoms with Crippen LogP contribution >= 0.6 is 0 Å². The van der Waals surface area contributed by atoms with Crippen molar-refractivity contribution in [1.29, 1.82) is 0 Å². The van der Waals surface area contributed by atoms with Crippen molar-refractivity contribution in [1.82, 2.24) is 0 Å². The molecule has 0 aliphatic rings. The third kappa shape index (κ3) is 4.30. The summed E-state index contributed by atoms with van der Waals surface area (Å²) >= 11 is 0. The second kappa shape index (κ2) is 7.91. The van der Waals surface area contributed by atoms with E-state index in [9.17, 15) is 15.3 Å². The van der Waals surface area contributed by atoms with Gasteiger partial charge in [-0.1, -0.05) is 0 Å². The minimum absolute atomic E-state index is 0.153. The lowest BCUT2D eigenvalue weighted by atomic mass is 9.99. The molecule has 7 nitrogen and oxygen atoms in total. The van der Waals surface area contributed by atoms with Crippen molar-refractivity contribution in [2.75, 3.05) is 19.8 Å². The van der Waals surface area contributed by atoms with Gasteiger partial charge >= 0.3 is 0 Å². The number of aliphatic hydroxyl groups is 6. The van der Waals surface area contributed by atoms with Crippen molar-refractivity contribution in [3.8, 4) is 0 Å². The van der Waals surface area contributed by atoms with Gasteiger partial charge in [-0.3, -0.25) is 0 Å². The molecule has 98 valence electrons. The Bertz CT molecular complexity index is 177. The maximum Gasteiger partial charge on any atom is 0.114 e. The number of hydrogen-bond acceptors (Lipinski definition) is 7. The Hall–Kier alpha value is -0.280. The molecule has 0 radical (unpaired) electrons. The van der Waals surface area contributed by atoms with Crippen LogP contribution < -0.4 is 0 Å². The van der Waals surface area contributed by atoms with Crippen LogP contribution in [-0.4, -0.2) is 81.0 Å². The zero-order chi connectivity index (χ0) is 12.7. The van der Waals surface area contributed by atoms with Crippen molar-refractivity contribution < 1.29 is 35.4 Å². The van der Waals surface area contributed by atoms with Crippen molar-refractivity contribution in [2.24, 2.45) is 0 Å². The van der Waals surface area contributed by atoms with Gasteiger partial charge in [-0.25, -0.2) is 0 Å². The monoisotopic (exact) mass is 240 g/mol. The number of aliphatic hydroxyl groups excluding tert-OH is 6. The average Bonchev–Trinajstić information content (AvgIpc) is 2.32. The Morgan fingerprint density at radius 1 is 0.875 bits per heavy atom. The summed E-state index contributed by atoms with van der Waals surface area (Å²) in [5.74, 6) is 0. The molecular weight excluding hydrogens is 220 g/mol. The molecule has 0 aromatic heterocycles. The van der Waals surface area contributed by atoms with Gasteiger partial charge in [0.25, 0.3) is 0 Å². The van der Waals surface area contributed by atoms with Gasteiger partial charge in [0, 0.05) is 6.61 Å². The molecule has 0 heterocycles. The fourth-order valence-electron chi connectivity index (χ4n) is 1.26. The molecule has 5 atom stereocenters. The molecule has 16 heavy (non-hydrogen) atoms. The largest absolute Gasteiger partial charge is 0.394 e. The van der Waals surface area contributed by atoms with E-state index in [1.165, 1.54) is 0 Å². The molecule has 0 aromatic rings. The SMILES string of the molecule is CCOC(C(O)CO)C(O)C(O)C(O)CO. The van der Waals surface area contributed by atoms with Gasteiger partial charge < -0.3 is 35.4 Å². The van der Waals surface area contributed by atoms with Crippen LogP contribution in [0.2, 0.25) is 0 Å². The van der Waals surface area contributed by atoms with Crippen LogP contribution in [0, 0.1) is 0 Å². The van der Waals surface area contributed by atoms with Gasteiger partial charge in [0.1, 0.15) is 30.5 Å². The van der Waals surface area contributed by atoms with Crippen molar-refractivity contribution in [3.63, 3.8) is 0 Å². The van der Waals surface area contributed by atoms with E-state index in [1.54, 1.807) is 6.92 Å². The minimum atomic E-state index is -1.66. The predicted molar refractivity (Wildman–Crippen MR) is 53.6 cm³/mol. The summed E-state index contributed by atoms with van der Waals surface area (Å²) in [6.07, 6.45) is -7.42. The van der Waals surface area contributed by atoms with E-state index < -0.39 is 43.7 Å². The summed E-state index contributed by atoms with van der Waals surface area (Å²) in [5.41, 5.74) is 0. The average molecular weight is 240 g/mol. The molecule has 5 unspecified atom stereocenters. The zero-order valence-corrected chi connectivity index (χ0v) is 9.10. The first kappa shape index (κ1) is 15.7. The molecule has 6 N–H and O–H groups in total. The second-order valence-corrected chi connectivity index (χ2v) is 3.40. The lowest BCUT2D eigenvalue weighted by Gasteiger charge is -2.30. The Morgan fingerprint density at radius 2 is 1.38 bits per heavy atom. The highest BCUT2D eigenvalue weighted by molar-refractivity contribution is 4.85. The van der Waals surface area contributed by atoms with Crippen LogP contribution in [0.25, 0.3) is 0 Å². The van der Waals surface area contributed by atoms with Crippen LogP contribution in [0.3, 0.4) is 0 Å². The fraction of sp³-hybridized carbons (Fsp3) is 1.00. The maximum atomic E-state index is 9.59. The first-order valence-corrected chi connectivity index (χ1v) is 5.05. The maximum absolute atomic E-state index is 9.59. The quantitative estimate of drug-likeness (QED) is 0.264. The van der Waals surface area contributed by atoms with Crippen LogP contribution in [0.5, 0.6) is 0 Å². The summed E-state index contributed by atoms with van der Waals surface area (Å²) in [6.45, 7) is 0.384. The number of hydrogen-bond donors (Lipinski definition) is 6. The van der Waals surface area contributed by atoms with Gasteiger partial charge in [-0.15, -0.1) is 0 Å². The molecule has 0 aliphatic heterocycles. The molecular formula is C9H20O7. The molecule has 0 saturated heterocycles. The molecule has 0 aliphatic carbocycles. The van der Waals surface area contributed by atoms with Crippen LogP contribution in [0.15, 0.2) is 0 Å². The summed E-state index contributed by atoms with van der Waals surface area (Å²) in [6, 6.07) is 0. The first-order chi connectivity index (χ1) is 7.49. The van der Waals surface area contributed by atoms with E-state index in [2.05, 4.69) is 0 Å². The number of ether oxygens (including phenoxy) is 1. The van der Waals surface area contributed by atoms with Crippen LogP contribution in [0.4, 0.5) is 0 Å². The Kier molecular flexibility index (Phi) is 7.77. The first-order valence-electron chi connectivity index (χ1n) is 5.05. The molecule has 0 rings (SSSR count). The van der Waals surface area contributed by atoms with Crippen molar-refractivity contribution >= 4 is 0 Å². The summed E-state index contributed by atoms with van der Waals surface area (Å²) in [7, 11) is 0. The Labute approximate surface area is 93.5 Å². The van der Waals surface area contributed by atoms with E-state index in [4.69, 9.17) is 20.1 Å². The highest BCUT2D eigenvalue weighted by Crippen LogP contribution is 2.12. The highest BCUT2D eigenvalue weighted by Gasteiger charge is 2.35. The normalized spacial score (nSPS) is 21.2. The van der Waals surface area contributed by atoms with Gasteiger partial charge in [0.2, 0.25) is 0 Å². The van der Waals surface area contributed by atoms with E-state index in [0.717, 1.165) is 0 Å². The summed E-state index contributed by atoms with van der Waals surface area (Å²) in [4.78, 5) is 0. The minimum Gasteiger partial charge on any atom is -0.394 e. The Morgan fingerprint density at radius 3 is 1.75 bits per heavy atom. The van der Waals surface area contributed by atoms with Gasteiger partial charge in [-0.05, 0) is 6.92 Å². The summed E-state index contributed by atoms with van der Waals surface area (Å²) < 4.78 is 4.96. The standard InChI is InChI=1S/C9H20O7/c1-2-16-9(6(13)4-11)8(15)7(14)5(12)3-10/h5-15H,2-4H2,1H3. The van der Waals surface area contributed by atoms with Crippen molar-refractivity contribution in [2.45, 2.75) is 37.4 Å². The van der Waals surface area contributed by atoms with Crippen LogP contribution in [-0.2, 0) is 4.74 Å². The molecule has 0 fully saturated rings. The van der Waals surface area contributed by atoms with E-state index in [-0.39, 0.29) is 6.61 Å². The zero-order valence-electron chi connectivity index (χ0n) is 9.10. The van der Waals surface area contributed by atoms with Gasteiger partial charge in [-0.2, -0.15) is 0 Å². The molecule has 0 bridgehead atoms.